The molecule has 1 fully saturated rings. The number of alkyl halides is 3. The van der Waals surface area contributed by atoms with Crippen LogP contribution in [0.1, 0.15) is 31.2 Å². The molecule has 0 saturated heterocycles. The van der Waals surface area contributed by atoms with Gasteiger partial charge in [-0.1, -0.05) is 43.2 Å². The Hall–Kier alpha value is -2.05. The second-order valence-corrected chi connectivity index (χ2v) is 6.25. The van der Waals surface area contributed by atoms with Crippen LogP contribution in [-0.2, 0) is 20.7 Å². The van der Waals surface area contributed by atoms with Crippen LogP contribution in [-0.4, -0.2) is 31.2 Å². The number of hydrogen-bond donors (Lipinski definition) is 1. The molecule has 1 amide bonds. The predicted molar refractivity (Wildman–Crippen MR) is 85.6 cm³/mol. The van der Waals surface area contributed by atoms with E-state index in [-0.39, 0.29) is 5.91 Å². The van der Waals surface area contributed by atoms with Crippen molar-refractivity contribution in [2.45, 2.75) is 38.3 Å². The molecule has 1 N–H and O–H groups in total. The summed E-state index contributed by atoms with van der Waals surface area (Å²) in [5, 5.41) is 2.79. The molecule has 2 rings (SSSR count). The van der Waals surface area contributed by atoms with Gasteiger partial charge in [-0.05, 0) is 24.8 Å². The number of rotatable bonds is 6. The third-order valence-electron chi connectivity index (χ3n) is 4.34. The van der Waals surface area contributed by atoms with Gasteiger partial charge in [0.05, 0.1) is 11.8 Å². The van der Waals surface area contributed by atoms with Crippen molar-refractivity contribution in [1.82, 2.24) is 5.32 Å². The minimum Gasteiger partial charge on any atom is -0.456 e. The van der Waals surface area contributed by atoms with Gasteiger partial charge in [-0.2, -0.15) is 13.2 Å². The van der Waals surface area contributed by atoms with Gasteiger partial charge in [0.1, 0.15) is 0 Å². The van der Waals surface area contributed by atoms with Gasteiger partial charge >= 0.3 is 12.1 Å². The van der Waals surface area contributed by atoms with Crippen molar-refractivity contribution >= 4 is 11.9 Å². The molecule has 1 aliphatic carbocycles. The van der Waals surface area contributed by atoms with E-state index in [2.05, 4.69) is 10.1 Å². The van der Waals surface area contributed by atoms with Crippen LogP contribution in [0.4, 0.5) is 13.2 Å². The molecule has 7 heteroatoms. The minimum atomic E-state index is -4.56. The summed E-state index contributed by atoms with van der Waals surface area (Å²) in [5.74, 6) is -2.64. The number of nitrogens with one attached hydrogen (secondary N) is 1. The molecule has 1 saturated carbocycles. The van der Waals surface area contributed by atoms with E-state index >= 15 is 0 Å². The van der Waals surface area contributed by atoms with E-state index in [4.69, 9.17) is 0 Å². The van der Waals surface area contributed by atoms with Crippen molar-refractivity contribution < 1.29 is 27.5 Å². The first-order chi connectivity index (χ1) is 11.9. The van der Waals surface area contributed by atoms with E-state index in [1.54, 1.807) is 0 Å². The lowest BCUT2D eigenvalue weighted by Crippen LogP contribution is -2.41. The van der Waals surface area contributed by atoms with Gasteiger partial charge in [-0.3, -0.25) is 9.59 Å². The van der Waals surface area contributed by atoms with Crippen molar-refractivity contribution in [1.29, 1.82) is 0 Å². The highest BCUT2D eigenvalue weighted by Gasteiger charge is 2.38. The van der Waals surface area contributed by atoms with Crippen LogP contribution in [0.2, 0.25) is 0 Å². The van der Waals surface area contributed by atoms with Gasteiger partial charge in [0.2, 0.25) is 5.91 Å². The Morgan fingerprint density at radius 1 is 1.08 bits per heavy atom. The highest BCUT2D eigenvalue weighted by molar-refractivity contribution is 5.85. The highest BCUT2D eigenvalue weighted by Crippen LogP contribution is 2.31. The van der Waals surface area contributed by atoms with Crippen molar-refractivity contribution in [3.63, 3.8) is 0 Å². The summed E-state index contributed by atoms with van der Waals surface area (Å²) in [5.41, 5.74) is 1.08. The van der Waals surface area contributed by atoms with Crippen LogP contribution in [0.3, 0.4) is 0 Å². The van der Waals surface area contributed by atoms with Gasteiger partial charge in [-0.15, -0.1) is 0 Å². The molecule has 0 heterocycles. The summed E-state index contributed by atoms with van der Waals surface area (Å²) in [4.78, 5) is 24.3. The normalized spacial score (nSPS) is 20.8. The molecule has 0 aliphatic heterocycles. The molecular weight excluding hydrogens is 335 g/mol. The summed E-state index contributed by atoms with van der Waals surface area (Å²) < 4.78 is 41.0. The van der Waals surface area contributed by atoms with Crippen molar-refractivity contribution in [2.24, 2.45) is 11.8 Å². The fraction of sp³-hybridized carbons (Fsp3) is 0.556. The predicted octanol–water partition coefficient (Wildman–Crippen LogP) is 3.26. The average molecular weight is 357 g/mol. The second-order valence-electron chi connectivity index (χ2n) is 6.25. The van der Waals surface area contributed by atoms with Crippen LogP contribution < -0.4 is 5.32 Å². The standard InChI is InChI=1S/C18H22F3NO3/c19-18(20,21)12-25-17(24)15-9-5-4-8-14(15)16(23)22-11-10-13-6-2-1-3-7-13/h1-3,6-7,14-15H,4-5,8-12H2,(H,22,23)/t14-,15-/m1/s1. The molecule has 0 radical (unpaired) electrons. The summed E-state index contributed by atoms with van der Waals surface area (Å²) in [6.45, 7) is -1.19. The number of halogens is 3. The number of carbonyl (C=O) groups excluding carboxylic acids is 2. The summed E-state index contributed by atoms with van der Waals surface area (Å²) >= 11 is 0. The fourth-order valence-corrected chi connectivity index (χ4v) is 3.09. The summed E-state index contributed by atoms with van der Waals surface area (Å²) in [6, 6.07) is 9.62. The quantitative estimate of drug-likeness (QED) is 0.795. The van der Waals surface area contributed by atoms with Gasteiger partial charge in [0.15, 0.2) is 6.61 Å². The number of amides is 1. The molecule has 0 unspecified atom stereocenters. The largest absolute Gasteiger partial charge is 0.456 e. The number of benzene rings is 1. The number of esters is 1. The van der Waals surface area contributed by atoms with Crippen LogP contribution in [0.5, 0.6) is 0 Å². The number of hydrogen-bond acceptors (Lipinski definition) is 3. The third-order valence-corrected chi connectivity index (χ3v) is 4.34. The molecule has 4 nitrogen and oxygen atoms in total. The SMILES string of the molecule is O=C(NCCc1ccccc1)[C@@H]1CCCC[C@H]1C(=O)OCC(F)(F)F. The Kier molecular flexibility index (Phi) is 6.84. The second kappa shape index (κ2) is 8.87. The molecule has 138 valence electrons. The van der Waals surface area contributed by atoms with Gasteiger partial charge in [0, 0.05) is 6.54 Å². The first-order valence-electron chi connectivity index (χ1n) is 8.42. The van der Waals surface area contributed by atoms with Crippen LogP contribution in [0, 0.1) is 11.8 Å². The lowest BCUT2D eigenvalue weighted by molar-refractivity contribution is -0.191. The van der Waals surface area contributed by atoms with Gasteiger partial charge in [-0.25, -0.2) is 0 Å². The van der Waals surface area contributed by atoms with E-state index in [1.807, 2.05) is 30.3 Å². The lowest BCUT2D eigenvalue weighted by Gasteiger charge is -2.29. The lowest BCUT2D eigenvalue weighted by atomic mass is 9.78. The zero-order valence-corrected chi connectivity index (χ0v) is 13.8. The Morgan fingerprint density at radius 2 is 1.72 bits per heavy atom. The maximum atomic E-state index is 12.4. The van der Waals surface area contributed by atoms with Gasteiger partial charge < -0.3 is 10.1 Å². The van der Waals surface area contributed by atoms with Crippen molar-refractivity contribution in [3.8, 4) is 0 Å². The average Bonchev–Trinajstić information content (AvgIpc) is 2.60. The van der Waals surface area contributed by atoms with Crippen LogP contribution >= 0.6 is 0 Å². The Balaban J connectivity index is 1.85. The summed E-state index contributed by atoms with van der Waals surface area (Å²) in [7, 11) is 0. The maximum Gasteiger partial charge on any atom is 0.422 e. The maximum absolute atomic E-state index is 12.4. The van der Waals surface area contributed by atoms with Crippen molar-refractivity contribution in [3.05, 3.63) is 35.9 Å². The molecular formula is C18H22F3NO3. The summed E-state index contributed by atoms with van der Waals surface area (Å²) in [6.07, 6.45) is -1.55. The van der Waals surface area contributed by atoms with Crippen LogP contribution in [0.25, 0.3) is 0 Å². The molecule has 0 aromatic heterocycles. The first kappa shape index (κ1) is 19.3. The van der Waals surface area contributed by atoms with E-state index < -0.39 is 30.6 Å². The van der Waals surface area contributed by atoms with Crippen LogP contribution in [0.15, 0.2) is 30.3 Å². The molecule has 1 aliphatic rings. The molecule has 0 bridgehead atoms. The van der Waals surface area contributed by atoms with E-state index in [1.165, 1.54) is 0 Å². The molecule has 0 spiro atoms. The molecule has 1 aromatic rings. The zero-order chi connectivity index (χ0) is 18.3. The molecule has 2 atom stereocenters. The zero-order valence-electron chi connectivity index (χ0n) is 13.8. The van der Waals surface area contributed by atoms with E-state index in [9.17, 15) is 22.8 Å². The van der Waals surface area contributed by atoms with E-state index in [0.29, 0.717) is 32.2 Å². The Bertz CT molecular complexity index is 575. The molecule has 25 heavy (non-hydrogen) atoms. The third kappa shape index (κ3) is 6.40. The molecule has 1 aromatic carbocycles. The Labute approximate surface area is 144 Å². The number of ether oxygens (including phenoxy) is 1. The first-order valence-corrected chi connectivity index (χ1v) is 8.42. The smallest absolute Gasteiger partial charge is 0.422 e. The Morgan fingerprint density at radius 3 is 2.36 bits per heavy atom. The number of carbonyl (C=O) groups is 2. The van der Waals surface area contributed by atoms with Crippen molar-refractivity contribution in [2.75, 3.05) is 13.2 Å². The van der Waals surface area contributed by atoms with E-state index in [0.717, 1.165) is 12.0 Å². The topological polar surface area (TPSA) is 55.4 Å². The minimum absolute atomic E-state index is 0.287. The van der Waals surface area contributed by atoms with Gasteiger partial charge in [0.25, 0.3) is 0 Å². The monoisotopic (exact) mass is 357 g/mol. The fourth-order valence-electron chi connectivity index (χ4n) is 3.09. The highest BCUT2D eigenvalue weighted by atomic mass is 19.4.